The summed E-state index contributed by atoms with van der Waals surface area (Å²) < 4.78 is 0. The molecule has 1 aromatic heterocycles. The molecule has 0 saturated heterocycles. The van der Waals surface area contributed by atoms with Crippen LogP contribution in [-0.4, -0.2) is 43.4 Å². The second-order valence-electron chi connectivity index (χ2n) is 11.6. The van der Waals surface area contributed by atoms with Crippen molar-refractivity contribution in [2.75, 3.05) is 5.32 Å². The van der Waals surface area contributed by atoms with Gasteiger partial charge in [0, 0.05) is 24.2 Å². The number of nitrogens with zero attached hydrogens (tertiary/aromatic N) is 4. The summed E-state index contributed by atoms with van der Waals surface area (Å²) in [6.45, 7) is 7.41. The van der Waals surface area contributed by atoms with Crippen molar-refractivity contribution >= 4 is 34.6 Å². The molecule has 206 valence electrons. The molecule has 1 heterocycles. The highest BCUT2D eigenvalue weighted by molar-refractivity contribution is 6.03. The Labute approximate surface area is 234 Å². The molecule has 0 bridgehead atoms. The Hall–Kier alpha value is -4.33. The summed E-state index contributed by atoms with van der Waals surface area (Å²) in [5.41, 5.74) is 2.75. The van der Waals surface area contributed by atoms with Crippen LogP contribution in [0.1, 0.15) is 67.9 Å². The van der Waals surface area contributed by atoms with E-state index in [1.807, 2.05) is 47.4 Å². The van der Waals surface area contributed by atoms with Crippen molar-refractivity contribution < 1.29 is 9.59 Å². The van der Waals surface area contributed by atoms with Crippen molar-refractivity contribution in [1.82, 2.24) is 25.5 Å². The molecule has 40 heavy (non-hydrogen) atoms. The van der Waals surface area contributed by atoms with Gasteiger partial charge in [-0.05, 0) is 82.3 Å². The fourth-order valence-electron chi connectivity index (χ4n) is 5.64. The Morgan fingerprint density at radius 1 is 0.975 bits per heavy atom. The number of fused-ring (bicyclic) bond motifs is 1. The lowest BCUT2D eigenvalue weighted by Gasteiger charge is -2.41. The van der Waals surface area contributed by atoms with Gasteiger partial charge in [0.15, 0.2) is 0 Å². The van der Waals surface area contributed by atoms with Crippen molar-refractivity contribution in [2.45, 2.75) is 59.0 Å². The van der Waals surface area contributed by atoms with E-state index in [1.54, 1.807) is 18.2 Å². The minimum absolute atomic E-state index is 0.00562. The van der Waals surface area contributed by atoms with Crippen LogP contribution < -0.4 is 5.32 Å². The molecule has 1 fully saturated rings. The lowest BCUT2D eigenvalue weighted by molar-refractivity contribution is -0.130. The van der Waals surface area contributed by atoms with E-state index >= 15 is 0 Å². The van der Waals surface area contributed by atoms with Crippen LogP contribution in [0.5, 0.6) is 0 Å². The smallest absolute Gasteiger partial charge is 0.270 e. The maximum Gasteiger partial charge on any atom is 0.270 e. The van der Waals surface area contributed by atoms with Gasteiger partial charge in [-0.15, -0.1) is 5.10 Å². The highest BCUT2D eigenvalue weighted by Gasteiger charge is 2.33. The molecule has 4 aromatic rings. The number of benzene rings is 3. The fraction of sp³-hybridized carbons (Fsp3) is 0.344. The number of carbonyl (C=O) groups is 2. The van der Waals surface area contributed by atoms with Crippen LogP contribution in [-0.2, 0) is 11.3 Å². The van der Waals surface area contributed by atoms with Gasteiger partial charge in [0.05, 0.1) is 0 Å². The highest BCUT2D eigenvalue weighted by atomic mass is 16.2. The molecule has 0 radical (unpaired) electrons. The summed E-state index contributed by atoms with van der Waals surface area (Å²) in [4.78, 5) is 28.3. The Kier molecular flexibility index (Phi) is 8.05. The van der Waals surface area contributed by atoms with Gasteiger partial charge in [-0.1, -0.05) is 80.5 Å². The van der Waals surface area contributed by atoms with Crippen LogP contribution in [0.4, 0.5) is 5.95 Å². The number of H-pyrrole nitrogens is 1. The SMILES string of the molecule is CC(C)(C)C1CCC(N(Cc2ccc(C(=O)Nc3nn[nH]n3)cc2)C(=O)/C=C/c2cccc3ccccc23)CC1. The minimum atomic E-state index is -0.320. The topological polar surface area (TPSA) is 104 Å². The highest BCUT2D eigenvalue weighted by Crippen LogP contribution is 2.39. The van der Waals surface area contributed by atoms with E-state index < -0.39 is 0 Å². The summed E-state index contributed by atoms with van der Waals surface area (Å²) >= 11 is 0. The third-order valence-electron chi connectivity index (χ3n) is 8.01. The van der Waals surface area contributed by atoms with Crippen LogP contribution in [0.2, 0.25) is 0 Å². The van der Waals surface area contributed by atoms with Crippen molar-refractivity contribution in [3.63, 3.8) is 0 Å². The predicted octanol–water partition coefficient (Wildman–Crippen LogP) is 6.25. The monoisotopic (exact) mass is 536 g/mol. The summed E-state index contributed by atoms with van der Waals surface area (Å²) in [5.74, 6) is 0.462. The molecule has 0 spiro atoms. The molecule has 2 amide bonds. The number of hydrogen-bond acceptors (Lipinski definition) is 5. The van der Waals surface area contributed by atoms with Crippen LogP contribution in [0, 0.1) is 11.3 Å². The minimum Gasteiger partial charge on any atom is -0.332 e. The number of amides is 2. The number of tetrazole rings is 1. The number of carbonyl (C=O) groups excluding carboxylic acids is 2. The zero-order valence-electron chi connectivity index (χ0n) is 23.3. The number of aromatic amines is 1. The van der Waals surface area contributed by atoms with E-state index in [9.17, 15) is 9.59 Å². The Morgan fingerprint density at radius 2 is 1.70 bits per heavy atom. The molecule has 8 nitrogen and oxygen atoms in total. The molecule has 3 aromatic carbocycles. The fourth-order valence-corrected chi connectivity index (χ4v) is 5.64. The van der Waals surface area contributed by atoms with E-state index in [2.05, 4.69) is 64.9 Å². The number of nitrogens with one attached hydrogen (secondary N) is 2. The quantitative estimate of drug-likeness (QED) is 0.272. The summed E-state index contributed by atoms with van der Waals surface area (Å²) in [7, 11) is 0. The molecular formula is C32H36N6O2. The normalized spacial score (nSPS) is 17.7. The first-order chi connectivity index (χ1) is 19.3. The van der Waals surface area contributed by atoms with Crippen molar-refractivity contribution in [3.8, 4) is 0 Å². The Balaban J connectivity index is 1.34. The molecule has 1 saturated carbocycles. The van der Waals surface area contributed by atoms with E-state index in [0.717, 1.165) is 47.6 Å². The maximum absolute atomic E-state index is 13.7. The molecular weight excluding hydrogens is 500 g/mol. The molecule has 1 aliphatic rings. The molecule has 1 aliphatic carbocycles. The molecule has 0 atom stereocenters. The number of anilines is 1. The van der Waals surface area contributed by atoms with Gasteiger partial charge in [-0.3, -0.25) is 14.9 Å². The van der Waals surface area contributed by atoms with Gasteiger partial charge in [-0.2, -0.15) is 5.21 Å². The predicted molar refractivity (Wildman–Crippen MR) is 157 cm³/mol. The van der Waals surface area contributed by atoms with Crippen LogP contribution >= 0.6 is 0 Å². The Bertz CT molecular complexity index is 1470. The second kappa shape index (κ2) is 11.8. The zero-order valence-corrected chi connectivity index (χ0v) is 23.3. The molecule has 0 aliphatic heterocycles. The summed E-state index contributed by atoms with van der Waals surface area (Å²) in [5, 5.41) is 18.2. The summed E-state index contributed by atoms with van der Waals surface area (Å²) in [6.07, 6.45) is 7.84. The van der Waals surface area contributed by atoms with Crippen LogP contribution in [0.15, 0.2) is 72.8 Å². The van der Waals surface area contributed by atoms with Gasteiger partial charge in [0.25, 0.3) is 11.9 Å². The number of hydrogen-bond donors (Lipinski definition) is 2. The molecule has 5 rings (SSSR count). The Morgan fingerprint density at radius 3 is 2.40 bits per heavy atom. The first-order valence-electron chi connectivity index (χ1n) is 13.9. The molecule has 2 N–H and O–H groups in total. The molecule has 8 heteroatoms. The first-order valence-corrected chi connectivity index (χ1v) is 13.9. The third kappa shape index (κ3) is 6.45. The first kappa shape index (κ1) is 27.2. The third-order valence-corrected chi connectivity index (χ3v) is 8.01. The largest absolute Gasteiger partial charge is 0.332 e. The van der Waals surface area contributed by atoms with Crippen LogP contribution in [0.25, 0.3) is 16.8 Å². The number of aromatic nitrogens is 4. The van der Waals surface area contributed by atoms with Gasteiger partial charge < -0.3 is 4.90 Å². The van der Waals surface area contributed by atoms with Crippen molar-refractivity contribution in [1.29, 1.82) is 0 Å². The van der Waals surface area contributed by atoms with E-state index in [1.165, 1.54) is 0 Å². The number of rotatable bonds is 7. The van der Waals surface area contributed by atoms with Crippen molar-refractivity contribution in [3.05, 3.63) is 89.5 Å². The average molecular weight is 537 g/mol. The lowest BCUT2D eigenvalue weighted by atomic mass is 9.71. The van der Waals surface area contributed by atoms with Gasteiger partial charge in [0.1, 0.15) is 0 Å². The van der Waals surface area contributed by atoms with Gasteiger partial charge in [0.2, 0.25) is 5.91 Å². The van der Waals surface area contributed by atoms with E-state index in [0.29, 0.717) is 18.0 Å². The van der Waals surface area contributed by atoms with E-state index in [4.69, 9.17) is 0 Å². The zero-order chi connectivity index (χ0) is 28.1. The maximum atomic E-state index is 13.7. The second-order valence-corrected chi connectivity index (χ2v) is 11.6. The molecule has 0 unspecified atom stereocenters. The standard InChI is InChI=1S/C32H36N6O2/c1-32(2,3)26-16-18-27(19-17-26)38(29(39)20-15-24-9-6-8-23-7-4-5-10-28(23)24)21-22-11-13-25(14-12-22)30(40)33-31-34-36-37-35-31/h4-15,20,26-27H,16-19,21H2,1-3H3,(H2,33,34,35,36,37,40)/b20-15+. The van der Waals surface area contributed by atoms with Gasteiger partial charge in [-0.25, -0.2) is 0 Å². The lowest BCUT2D eigenvalue weighted by Crippen LogP contribution is -2.42. The summed E-state index contributed by atoms with van der Waals surface area (Å²) in [6, 6.07) is 21.9. The van der Waals surface area contributed by atoms with Crippen LogP contribution in [0.3, 0.4) is 0 Å². The van der Waals surface area contributed by atoms with Crippen molar-refractivity contribution in [2.24, 2.45) is 11.3 Å². The van der Waals surface area contributed by atoms with E-state index in [-0.39, 0.29) is 29.2 Å². The average Bonchev–Trinajstić information content (AvgIpc) is 3.47. The van der Waals surface area contributed by atoms with Gasteiger partial charge >= 0.3 is 0 Å².